The van der Waals surface area contributed by atoms with Gasteiger partial charge in [-0.15, -0.1) is 10.2 Å². The van der Waals surface area contributed by atoms with Crippen molar-refractivity contribution in [1.29, 1.82) is 0 Å². The molecule has 1 amide bonds. The van der Waals surface area contributed by atoms with Gasteiger partial charge in [0.1, 0.15) is 6.61 Å². The van der Waals surface area contributed by atoms with Gasteiger partial charge in [0.25, 0.3) is 0 Å². The number of carbonyl (C=O) groups is 1. The second-order valence-electron chi connectivity index (χ2n) is 6.37. The number of amides is 1. The van der Waals surface area contributed by atoms with Gasteiger partial charge < -0.3 is 19.7 Å². The quantitative estimate of drug-likeness (QED) is 0.464. The lowest BCUT2D eigenvalue weighted by Crippen LogP contribution is -2.44. The Morgan fingerprint density at radius 1 is 1.32 bits per heavy atom. The van der Waals surface area contributed by atoms with E-state index in [1.165, 1.54) is 23.1 Å². The number of likely N-dealkylation sites (N-methyl/N-ethyl adjacent to an activating group) is 1. The predicted molar refractivity (Wildman–Crippen MR) is 113 cm³/mol. The number of para-hydroxylation sites is 2. The number of aromatic nitrogens is 2. The highest BCUT2D eigenvalue weighted by Crippen LogP contribution is 2.31. The lowest BCUT2D eigenvalue weighted by molar-refractivity contribution is -0.129. The highest BCUT2D eigenvalue weighted by molar-refractivity contribution is 8.01. The number of thioether (sulfide) groups is 1. The monoisotopic (exact) mass is 422 g/mol. The number of anilines is 1. The number of carbonyl (C=O) groups excluding carboxylic acids is 1. The van der Waals surface area contributed by atoms with E-state index in [9.17, 15) is 4.79 Å². The molecule has 0 saturated heterocycles. The van der Waals surface area contributed by atoms with Crippen LogP contribution < -0.4 is 14.8 Å². The van der Waals surface area contributed by atoms with Gasteiger partial charge in [0.2, 0.25) is 11.0 Å². The molecule has 0 aliphatic carbocycles. The zero-order valence-electron chi connectivity index (χ0n) is 16.2. The van der Waals surface area contributed by atoms with Gasteiger partial charge in [-0.3, -0.25) is 4.79 Å². The van der Waals surface area contributed by atoms with Gasteiger partial charge in [-0.25, -0.2) is 0 Å². The number of nitrogens with zero attached hydrogens (tertiary/aromatic N) is 3. The number of hydrogen-bond acceptors (Lipinski definition) is 8. The van der Waals surface area contributed by atoms with E-state index in [4.69, 9.17) is 9.47 Å². The molecule has 28 heavy (non-hydrogen) atoms. The average Bonchev–Trinajstić information content (AvgIpc) is 3.18. The molecular weight excluding hydrogens is 396 g/mol. The lowest BCUT2D eigenvalue weighted by Gasteiger charge is -2.30. The van der Waals surface area contributed by atoms with Crippen molar-refractivity contribution in [3.8, 4) is 11.5 Å². The maximum absolute atomic E-state index is 12.6. The van der Waals surface area contributed by atoms with E-state index in [0.717, 1.165) is 40.4 Å². The summed E-state index contributed by atoms with van der Waals surface area (Å²) in [5.41, 5.74) is 0. The van der Waals surface area contributed by atoms with Gasteiger partial charge in [-0.05, 0) is 25.5 Å². The Bertz CT molecular complexity index is 771. The van der Waals surface area contributed by atoms with Crippen LogP contribution in [0.25, 0.3) is 0 Å². The molecule has 1 N–H and O–H groups in total. The zero-order chi connectivity index (χ0) is 19.8. The number of unbranched alkanes of at least 4 members (excludes halogenated alkanes) is 1. The summed E-state index contributed by atoms with van der Waals surface area (Å²) >= 11 is 2.91. The Morgan fingerprint density at radius 3 is 2.93 bits per heavy atom. The smallest absolute Gasteiger partial charge is 0.233 e. The molecule has 1 atom stereocenters. The Labute approximate surface area is 173 Å². The van der Waals surface area contributed by atoms with Crippen molar-refractivity contribution in [2.45, 2.75) is 37.1 Å². The Kier molecular flexibility index (Phi) is 7.79. The largest absolute Gasteiger partial charge is 0.486 e. The first-order valence-electron chi connectivity index (χ1n) is 9.56. The molecule has 1 aromatic heterocycles. The SMILES string of the molecule is CCCCNc1nnc(SCC(=O)N(CC)CC2COc3ccccc3O2)s1. The second kappa shape index (κ2) is 10.5. The molecule has 0 fully saturated rings. The first-order chi connectivity index (χ1) is 13.7. The van der Waals surface area contributed by atoms with Crippen molar-refractivity contribution in [3.63, 3.8) is 0 Å². The molecule has 0 radical (unpaired) electrons. The molecule has 2 heterocycles. The van der Waals surface area contributed by atoms with Gasteiger partial charge in [0.15, 0.2) is 21.9 Å². The summed E-state index contributed by atoms with van der Waals surface area (Å²) < 4.78 is 12.5. The molecule has 1 unspecified atom stereocenters. The zero-order valence-corrected chi connectivity index (χ0v) is 17.9. The fourth-order valence-corrected chi connectivity index (χ4v) is 4.41. The van der Waals surface area contributed by atoms with Crippen LogP contribution in [-0.4, -0.2) is 59.1 Å². The number of ether oxygens (including phenoxy) is 2. The molecule has 1 aliphatic heterocycles. The summed E-state index contributed by atoms with van der Waals surface area (Å²) in [4.78, 5) is 14.4. The molecule has 152 valence electrons. The molecule has 0 bridgehead atoms. The molecule has 7 nitrogen and oxygen atoms in total. The van der Waals surface area contributed by atoms with E-state index in [1.54, 1.807) is 4.90 Å². The summed E-state index contributed by atoms with van der Waals surface area (Å²) in [6.45, 7) is 6.59. The first kappa shape index (κ1) is 20.7. The number of fused-ring (bicyclic) bond motifs is 1. The summed E-state index contributed by atoms with van der Waals surface area (Å²) in [5, 5.41) is 12.3. The van der Waals surface area contributed by atoms with Crippen LogP contribution in [0.15, 0.2) is 28.6 Å². The molecule has 1 aliphatic rings. The lowest BCUT2D eigenvalue weighted by atomic mass is 10.2. The van der Waals surface area contributed by atoms with Crippen LogP contribution in [-0.2, 0) is 4.79 Å². The highest BCUT2D eigenvalue weighted by Gasteiger charge is 2.25. The third-order valence-electron chi connectivity index (χ3n) is 4.26. The Morgan fingerprint density at radius 2 is 2.14 bits per heavy atom. The van der Waals surface area contributed by atoms with Crippen LogP contribution in [0.1, 0.15) is 26.7 Å². The van der Waals surface area contributed by atoms with Crippen LogP contribution in [0, 0.1) is 0 Å². The normalized spacial score (nSPS) is 15.3. The number of benzene rings is 1. The van der Waals surface area contributed by atoms with Crippen molar-refractivity contribution in [2.24, 2.45) is 0 Å². The summed E-state index contributed by atoms with van der Waals surface area (Å²) in [5.74, 6) is 1.88. The summed E-state index contributed by atoms with van der Waals surface area (Å²) in [6.07, 6.45) is 2.07. The number of rotatable bonds is 10. The van der Waals surface area contributed by atoms with Crippen LogP contribution in [0.5, 0.6) is 11.5 Å². The van der Waals surface area contributed by atoms with Crippen LogP contribution in [0.4, 0.5) is 5.13 Å². The van der Waals surface area contributed by atoms with E-state index in [-0.39, 0.29) is 12.0 Å². The molecule has 2 aromatic rings. The highest BCUT2D eigenvalue weighted by atomic mass is 32.2. The van der Waals surface area contributed by atoms with Crippen molar-refractivity contribution in [1.82, 2.24) is 15.1 Å². The third-order valence-corrected chi connectivity index (χ3v) is 6.26. The predicted octanol–water partition coefficient (Wildman–Crippen LogP) is 3.53. The maximum atomic E-state index is 12.6. The fourth-order valence-electron chi connectivity index (χ4n) is 2.73. The molecule has 0 saturated carbocycles. The van der Waals surface area contributed by atoms with E-state index in [2.05, 4.69) is 22.4 Å². The Hall–Kier alpha value is -2.00. The van der Waals surface area contributed by atoms with Crippen molar-refractivity contribution in [2.75, 3.05) is 37.3 Å². The van der Waals surface area contributed by atoms with Gasteiger partial charge in [0.05, 0.1) is 12.3 Å². The minimum atomic E-state index is -0.167. The Balaban J connectivity index is 1.46. The molecule has 3 rings (SSSR count). The van der Waals surface area contributed by atoms with Gasteiger partial charge in [-0.2, -0.15) is 0 Å². The molecule has 1 aromatic carbocycles. The van der Waals surface area contributed by atoms with Crippen molar-refractivity contribution in [3.05, 3.63) is 24.3 Å². The number of hydrogen-bond donors (Lipinski definition) is 1. The average molecular weight is 423 g/mol. The maximum Gasteiger partial charge on any atom is 0.233 e. The van der Waals surface area contributed by atoms with Gasteiger partial charge >= 0.3 is 0 Å². The van der Waals surface area contributed by atoms with E-state index < -0.39 is 0 Å². The van der Waals surface area contributed by atoms with Crippen LogP contribution >= 0.6 is 23.1 Å². The summed E-state index contributed by atoms with van der Waals surface area (Å²) in [7, 11) is 0. The minimum absolute atomic E-state index is 0.0608. The van der Waals surface area contributed by atoms with Crippen LogP contribution in [0.3, 0.4) is 0 Å². The number of nitrogens with one attached hydrogen (secondary N) is 1. The van der Waals surface area contributed by atoms with E-state index in [0.29, 0.717) is 25.4 Å². The molecule has 0 spiro atoms. The van der Waals surface area contributed by atoms with Crippen molar-refractivity contribution >= 4 is 34.1 Å². The fraction of sp³-hybridized carbons (Fsp3) is 0.526. The first-order valence-corrected chi connectivity index (χ1v) is 11.4. The van der Waals surface area contributed by atoms with E-state index >= 15 is 0 Å². The minimum Gasteiger partial charge on any atom is -0.486 e. The summed E-state index contributed by atoms with van der Waals surface area (Å²) in [6, 6.07) is 7.60. The molecular formula is C19H26N4O3S2. The topological polar surface area (TPSA) is 76.6 Å². The third kappa shape index (κ3) is 5.75. The standard InChI is InChI=1S/C19H26N4O3S2/c1-3-5-10-20-18-21-22-19(28-18)27-13-17(24)23(4-2)11-14-12-25-15-8-6-7-9-16(15)26-14/h6-9,14H,3-5,10-13H2,1-2H3,(H,20,21). The molecule has 9 heteroatoms. The van der Waals surface area contributed by atoms with Gasteiger partial charge in [-0.1, -0.05) is 48.6 Å². The second-order valence-corrected chi connectivity index (χ2v) is 8.57. The van der Waals surface area contributed by atoms with Crippen LogP contribution in [0.2, 0.25) is 0 Å². The van der Waals surface area contributed by atoms with Crippen molar-refractivity contribution < 1.29 is 14.3 Å². The van der Waals surface area contributed by atoms with E-state index in [1.807, 2.05) is 31.2 Å². The van der Waals surface area contributed by atoms with Gasteiger partial charge in [0, 0.05) is 13.1 Å².